The van der Waals surface area contributed by atoms with Crippen LogP contribution in [-0.4, -0.2) is 18.9 Å². The molecule has 0 fully saturated rings. The molecule has 0 amide bonds. The highest BCUT2D eigenvalue weighted by molar-refractivity contribution is 6.05. The number of carbonyl (C=O) groups is 2. The number of carbonyl (C=O) groups excluding carboxylic acids is 2. The molecule has 0 spiro atoms. The van der Waals surface area contributed by atoms with Crippen molar-refractivity contribution >= 4 is 11.8 Å². The van der Waals surface area contributed by atoms with Gasteiger partial charge in [-0.2, -0.15) is 0 Å². The second kappa shape index (κ2) is 7.20. The van der Waals surface area contributed by atoms with Gasteiger partial charge < -0.3 is 14.2 Å². The van der Waals surface area contributed by atoms with Gasteiger partial charge in [0.2, 0.25) is 0 Å². The Labute approximate surface area is 152 Å². The number of fused-ring (bicyclic) bond motifs is 2. The molecule has 0 saturated carbocycles. The smallest absolute Gasteiger partial charge is 0.346 e. The number of Topliss-reactive ketones (excluding diaryl/α,β-unsaturated/α-hetero) is 1. The van der Waals surface area contributed by atoms with Gasteiger partial charge in [-0.3, -0.25) is 4.79 Å². The molecule has 1 aliphatic heterocycles. The van der Waals surface area contributed by atoms with E-state index in [9.17, 15) is 9.59 Å². The number of benzene rings is 2. The van der Waals surface area contributed by atoms with E-state index >= 15 is 0 Å². The minimum Gasteiger partial charge on any atom is -0.495 e. The van der Waals surface area contributed by atoms with Crippen molar-refractivity contribution in [2.45, 2.75) is 33.8 Å². The Morgan fingerprint density at radius 2 is 1.92 bits per heavy atom. The van der Waals surface area contributed by atoms with E-state index in [2.05, 4.69) is 0 Å². The topological polar surface area (TPSA) is 61.8 Å². The van der Waals surface area contributed by atoms with Crippen molar-refractivity contribution in [2.24, 2.45) is 5.92 Å². The van der Waals surface area contributed by atoms with E-state index in [-0.39, 0.29) is 29.6 Å². The average Bonchev–Trinajstić information content (AvgIpc) is 2.59. The van der Waals surface area contributed by atoms with Gasteiger partial charge in [0.05, 0.1) is 12.7 Å². The van der Waals surface area contributed by atoms with Gasteiger partial charge in [0.15, 0.2) is 5.78 Å². The molecular weight excluding hydrogens is 332 g/mol. The van der Waals surface area contributed by atoms with E-state index in [1.807, 2.05) is 39.0 Å². The Balaban J connectivity index is 2.11. The van der Waals surface area contributed by atoms with Crippen LogP contribution in [0.3, 0.4) is 0 Å². The van der Waals surface area contributed by atoms with Gasteiger partial charge in [-0.05, 0) is 37.1 Å². The lowest BCUT2D eigenvalue weighted by Gasteiger charge is -2.21. The molecule has 136 valence electrons. The molecule has 0 atom stereocenters. The molecule has 2 aromatic carbocycles. The molecule has 0 unspecified atom stereocenters. The number of ether oxygens (including phenoxy) is 3. The zero-order valence-electron chi connectivity index (χ0n) is 15.4. The Bertz CT molecular complexity index is 867. The van der Waals surface area contributed by atoms with Crippen LogP contribution >= 0.6 is 0 Å². The number of aryl methyl sites for hydroxylation is 1. The molecular formula is C21H22O5. The molecule has 0 N–H and O–H groups in total. The summed E-state index contributed by atoms with van der Waals surface area (Å²) in [5, 5.41) is 0. The fourth-order valence-corrected chi connectivity index (χ4v) is 3.01. The average molecular weight is 354 g/mol. The summed E-state index contributed by atoms with van der Waals surface area (Å²) in [7, 11) is 1.44. The molecule has 1 aliphatic rings. The first-order valence-corrected chi connectivity index (χ1v) is 8.59. The third kappa shape index (κ3) is 3.43. The zero-order chi connectivity index (χ0) is 18.8. The zero-order valence-corrected chi connectivity index (χ0v) is 15.4. The first kappa shape index (κ1) is 18.0. The molecule has 1 heterocycles. The van der Waals surface area contributed by atoms with Crippen molar-refractivity contribution < 1.29 is 23.8 Å². The molecule has 0 saturated heterocycles. The molecule has 5 heteroatoms. The molecule has 26 heavy (non-hydrogen) atoms. The summed E-state index contributed by atoms with van der Waals surface area (Å²) >= 11 is 0. The summed E-state index contributed by atoms with van der Waals surface area (Å²) in [6, 6.07) is 8.97. The highest BCUT2D eigenvalue weighted by Gasteiger charge is 2.28. The van der Waals surface area contributed by atoms with Crippen molar-refractivity contribution in [1.29, 1.82) is 0 Å². The predicted molar refractivity (Wildman–Crippen MR) is 97.2 cm³/mol. The van der Waals surface area contributed by atoms with Crippen LogP contribution in [0.25, 0.3) is 0 Å². The molecule has 5 nitrogen and oxygen atoms in total. The summed E-state index contributed by atoms with van der Waals surface area (Å²) in [4.78, 5) is 25.2. The standard InChI is InChI=1S/C21H22O5/c1-12(2)9-16(22)15-6-8-18-19(20(15)24-4)21(23)25-11-14-10-13(3)5-7-17(14)26-18/h5-8,10,12H,9,11H2,1-4H3. The number of esters is 1. The van der Waals surface area contributed by atoms with Crippen LogP contribution in [0.15, 0.2) is 30.3 Å². The predicted octanol–water partition coefficient (Wildman–Crippen LogP) is 4.70. The van der Waals surface area contributed by atoms with Crippen molar-refractivity contribution in [1.82, 2.24) is 0 Å². The van der Waals surface area contributed by atoms with Crippen LogP contribution in [0.5, 0.6) is 17.2 Å². The molecule has 0 aromatic heterocycles. The second-order valence-corrected chi connectivity index (χ2v) is 6.83. The van der Waals surface area contributed by atoms with Gasteiger partial charge >= 0.3 is 5.97 Å². The minimum atomic E-state index is -0.566. The lowest BCUT2D eigenvalue weighted by Crippen LogP contribution is -2.15. The largest absolute Gasteiger partial charge is 0.495 e. The van der Waals surface area contributed by atoms with Crippen molar-refractivity contribution in [3.05, 3.63) is 52.6 Å². The summed E-state index contributed by atoms with van der Waals surface area (Å²) in [5.74, 6) is 0.695. The van der Waals surface area contributed by atoms with Crippen LogP contribution in [-0.2, 0) is 11.3 Å². The van der Waals surface area contributed by atoms with Gasteiger partial charge in [-0.15, -0.1) is 0 Å². The number of methoxy groups -OCH3 is 1. The highest BCUT2D eigenvalue weighted by atomic mass is 16.5. The number of rotatable bonds is 4. The van der Waals surface area contributed by atoms with Crippen molar-refractivity contribution in [2.75, 3.05) is 7.11 Å². The van der Waals surface area contributed by atoms with E-state index in [1.54, 1.807) is 12.1 Å². The molecule has 0 bridgehead atoms. The molecule has 2 aromatic rings. The quantitative estimate of drug-likeness (QED) is 0.588. The van der Waals surface area contributed by atoms with Crippen molar-refractivity contribution in [3.63, 3.8) is 0 Å². The normalized spacial score (nSPS) is 13.0. The Morgan fingerprint density at radius 1 is 1.19 bits per heavy atom. The van der Waals surface area contributed by atoms with Gasteiger partial charge in [0.1, 0.15) is 29.4 Å². The van der Waals surface area contributed by atoms with Gasteiger partial charge in [-0.25, -0.2) is 4.79 Å². The molecule has 0 aliphatic carbocycles. The van der Waals surface area contributed by atoms with Crippen LogP contribution < -0.4 is 9.47 Å². The maximum Gasteiger partial charge on any atom is 0.346 e. The SMILES string of the molecule is COc1c(C(=O)CC(C)C)ccc2c1C(=O)OCc1cc(C)ccc1O2. The van der Waals surface area contributed by atoms with Crippen LogP contribution in [0.1, 0.15) is 52.1 Å². The number of hydrogen-bond donors (Lipinski definition) is 0. The minimum absolute atomic E-state index is 0.0782. The Hall–Kier alpha value is -2.82. The maximum atomic E-state index is 12.6. The van der Waals surface area contributed by atoms with Gasteiger partial charge in [0.25, 0.3) is 0 Å². The Morgan fingerprint density at radius 3 is 2.62 bits per heavy atom. The summed E-state index contributed by atoms with van der Waals surface area (Å²) < 4.78 is 16.8. The van der Waals surface area contributed by atoms with E-state index in [0.717, 1.165) is 11.1 Å². The second-order valence-electron chi connectivity index (χ2n) is 6.83. The number of cyclic esters (lactones) is 1. The van der Waals surface area contributed by atoms with E-state index in [1.165, 1.54) is 7.11 Å². The fraction of sp³-hybridized carbons (Fsp3) is 0.333. The summed E-state index contributed by atoms with van der Waals surface area (Å²) in [6.45, 7) is 6.00. The van der Waals surface area contributed by atoms with E-state index in [4.69, 9.17) is 14.2 Å². The van der Waals surface area contributed by atoms with Crippen LogP contribution in [0, 0.1) is 12.8 Å². The number of hydrogen-bond acceptors (Lipinski definition) is 5. The third-order valence-corrected chi connectivity index (χ3v) is 4.22. The monoisotopic (exact) mass is 354 g/mol. The van der Waals surface area contributed by atoms with Gasteiger partial charge in [0, 0.05) is 12.0 Å². The molecule has 0 radical (unpaired) electrons. The maximum absolute atomic E-state index is 12.6. The van der Waals surface area contributed by atoms with E-state index < -0.39 is 5.97 Å². The van der Waals surface area contributed by atoms with Crippen LogP contribution in [0.4, 0.5) is 0 Å². The van der Waals surface area contributed by atoms with E-state index in [0.29, 0.717) is 23.5 Å². The third-order valence-electron chi connectivity index (χ3n) is 4.22. The summed E-state index contributed by atoms with van der Waals surface area (Å²) in [5.41, 5.74) is 2.36. The first-order chi connectivity index (χ1) is 12.4. The Kier molecular flexibility index (Phi) is 4.98. The van der Waals surface area contributed by atoms with Crippen LogP contribution in [0.2, 0.25) is 0 Å². The molecule has 3 rings (SSSR count). The first-order valence-electron chi connectivity index (χ1n) is 8.59. The number of ketones is 1. The summed E-state index contributed by atoms with van der Waals surface area (Å²) in [6.07, 6.45) is 0.368. The lowest BCUT2D eigenvalue weighted by molar-refractivity contribution is 0.0455. The van der Waals surface area contributed by atoms with Gasteiger partial charge in [-0.1, -0.05) is 25.5 Å². The lowest BCUT2D eigenvalue weighted by atomic mass is 9.97. The fourth-order valence-electron chi connectivity index (χ4n) is 3.01. The highest BCUT2D eigenvalue weighted by Crippen LogP contribution is 2.39. The van der Waals surface area contributed by atoms with Crippen molar-refractivity contribution in [3.8, 4) is 17.2 Å².